The molecular formula is C7H14N2O2S. The van der Waals surface area contributed by atoms with Gasteiger partial charge in [-0.3, -0.25) is 5.43 Å². The standard InChI is InChI=1S/C7H14N2O2S/c1-7(2,5-12)3-4-8-9-6(10)11/h5,8-9H,3-4H2,1-2H3,(H,10,11). The Labute approximate surface area is 77.3 Å². The molecule has 0 aliphatic carbocycles. The third kappa shape index (κ3) is 6.06. The first-order valence-electron chi connectivity index (χ1n) is 3.66. The van der Waals surface area contributed by atoms with Crippen molar-refractivity contribution in [3.63, 3.8) is 0 Å². The second-order valence-electron chi connectivity index (χ2n) is 3.21. The van der Waals surface area contributed by atoms with Crippen LogP contribution in [0.5, 0.6) is 0 Å². The van der Waals surface area contributed by atoms with Crippen molar-refractivity contribution in [1.82, 2.24) is 10.9 Å². The predicted molar refractivity (Wildman–Crippen MR) is 51.2 cm³/mol. The minimum atomic E-state index is -1.07. The summed E-state index contributed by atoms with van der Waals surface area (Å²) >= 11 is 4.80. The zero-order valence-electron chi connectivity index (χ0n) is 7.26. The van der Waals surface area contributed by atoms with Gasteiger partial charge in [0.05, 0.1) is 0 Å². The summed E-state index contributed by atoms with van der Waals surface area (Å²) in [5.41, 5.74) is 4.60. The Morgan fingerprint density at radius 3 is 2.67 bits per heavy atom. The van der Waals surface area contributed by atoms with Gasteiger partial charge in [-0.1, -0.05) is 26.1 Å². The van der Waals surface area contributed by atoms with Crippen LogP contribution in [-0.2, 0) is 0 Å². The average molecular weight is 190 g/mol. The van der Waals surface area contributed by atoms with Crippen molar-refractivity contribution < 1.29 is 9.90 Å². The third-order valence-corrected chi connectivity index (χ3v) is 2.05. The normalized spacial score (nSPS) is 10.8. The summed E-state index contributed by atoms with van der Waals surface area (Å²) in [6, 6.07) is 0. The molecule has 0 saturated heterocycles. The highest BCUT2D eigenvalue weighted by Gasteiger charge is 2.12. The van der Waals surface area contributed by atoms with E-state index >= 15 is 0 Å². The second-order valence-corrected chi connectivity index (χ2v) is 3.45. The monoisotopic (exact) mass is 190 g/mol. The van der Waals surface area contributed by atoms with E-state index in [-0.39, 0.29) is 5.41 Å². The Balaban J connectivity index is 3.43. The van der Waals surface area contributed by atoms with Crippen LogP contribution in [0.25, 0.3) is 0 Å². The molecular weight excluding hydrogens is 176 g/mol. The fraction of sp³-hybridized carbons (Fsp3) is 0.714. The molecule has 12 heavy (non-hydrogen) atoms. The fourth-order valence-corrected chi connectivity index (χ4v) is 0.700. The Kier molecular flexibility index (Phi) is 4.77. The van der Waals surface area contributed by atoms with Gasteiger partial charge < -0.3 is 5.11 Å². The number of carbonyl (C=O) groups is 1. The summed E-state index contributed by atoms with van der Waals surface area (Å²) in [7, 11) is 0. The maximum atomic E-state index is 9.99. The molecule has 4 nitrogen and oxygen atoms in total. The lowest BCUT2D eigenvalue weighted by molar-refractivity contribution is 0.188. The number of hydrazine groups is 1. The van der Waals surface area contributed by atoms with Crippen LogP contribution >= 0.6 is 12.2 Å². The van der Waals surface area contributed by atoms with E-state index in [0.29, 0.717) is 6.54 Å². The quantitative estimate of drug-likeness (QED) is 0.346. The number of amides is 1. The molecule has 0 atom stereocenters. The van der Waals surface area contributed by atoms with Crippen LogP contribution in [0.4, 0.5) is 4.79 Å². The Morgan fingerprint density at radius 2 is 2.25 bits per heavy atom. The lowest BCUT2D eigenvalue weighted by atomic mass is 9.92. The van der Waals surface area contributed by atoms with E-state index in [0.717, 1.165) is 6.42 Å². The van der Waals surface area contributed by atoms with E-state index in [1.54, 1.807) is 5.37 Å². The highest BCUT2D eigenvalue weighted by atomic mass is 32.1. The number of carboxylic acid groups (broad SMARTS) is 1. The molecule has 0 rings (SSSR count). The minimum absolute atomic E-state index is 0.0253. The molecule has 0 bridgehead atoms. The van der Waals surface area contributed by atoms with Gasteiger partial charge in [0.1, 0.15) is 0 Å². The van der Waals surface area contributed by atoms with Crippen molar-refractivity contribution >= 4 is 23.7 Å². The van der Waals surface area contributed by atoms with Crippen LogP contribution in [0.3, 0.4) is 0 Å². The molecule has 70 valence electrons. The highest BCUT2D eigenvalue weighted by Crippen LogP contribution is 2.15. The summed E-state index contributed by atoms with van der Waals surface area (Å²) < 4.78 is 0. The van der Waals surface area contributed by atoms with E-state index in [9.17, 15) is 4.79 Å². The van der Waals surface area contributed by atoms with E-state index in [1.807, 2.05) is 13.8 Å². The molecule has 0 aromatic carbocycles. The van der Waals surface area contributed by atoms with Crippen molar-refractivity contribution in [2.75, 3.05) is 6.54 Å². The van der Waals surface area contributed by atoms with E-state index in [2.05, 4.69) is 10.9 Å². The summed E-state index contributed by atoms with van der Waals surface area (Å²) in [6.07, 6.45) is -0.272. The first-order valence-corrected chi connectivity index (χ1v) is 4.13. The van der Waals surface area contributed by atoms with Crippen molar-refractivity contribution in [3.8, 4) is 0 Å². The van der Waals surface area contributed by atoms with Gasteiger partial charge in [0, 0.05) is 6.54 Å². The van der Waals surface area contributed by atoms with Crippen LogP contribution in [-0.4, -0.2) is 23.1 Å². The fourth-order valence-electron chi connectivity index (χ4n) is 0.582. The minimum Gasteiger partial charge on any atom is -0.464 e. The molecule has 1 amide bonds. The van der Waals surface area contributed by atoms with Crippen LogP contribution < -0.4 is 10.9 Å². The molecule has 3 N–H and O–H groups in total. The van der Waals surface area contributed by atoms with Crippen LogP contribution in [0.15, 0.2) is 0 Å². The van der Waals surface area contributed by atoms with Crippen LogP contribution in [0, 0.1) is 5.41 Å². The van der Waals surface area contributed by atoms with Gasteiger partial charge in [-0.2, -0.15) is 0 Å². The topological polar surface area (TPSA) is 61.4 Å². The average Bonchev–Trinajstić information content (AvgIpc) is 1.98. The molecule has 0 heterocycles. The van der Waals surface area contributed by atoms with Gasteiger partial charge in [0.2, 0.25) is 0 Å². The molecule has 0 saturated carbocycles. The largest absolute Gasteiger partial charge is 0.464 e. The SMILES string of the molecule is CC(C)(C=S)CCNNC(=O)O. The van der Waals surface area contributed by atoms with Crippen molar-refractivity contribution in [2.24, 2.45) is 5.41 Å². The van der Waals surface area contributed by atoms with Gasteiger partial charge in [0.15, 0.2) is 0 Å². The molecule has 0 unspecified atom stereocenters. The molecule has 0 aliphatic heterocycles. The van der Waals surface area contributed by atoms with Gasteiger partial charge in [-0.25, -0.2) is 10.2 Å². The molecule has 0 spiro atoms. The molecule has 5 heteroatoms. The summed E-state index contributed by atoms with van der Waals surface area (Å²) in [4.78, 5) is 9.99. The van der Waals surface area contributed by atoms with E-state index in [1.165, 1.54) is 0 Å². The number of nitrogens with one attached hydrogen (secondary N) is 2. The van der Waals surface area contributed by atoms with Gasteiger partial charge in [-0.05, 0) is 17.2 Å². The van der Waals surface area contributed by atoms with Crippen LogP contribution in [0.2, 0.25) is 0 Å². The van der Waals surface area contributed by atoms with Crippen molar-refractivity contribution in [2.45, 2.75) is 20.3 Å². The number of hydrogen-bond acceptors (Lipinski definition) is 3. The molecule has 0 aromatic heterocycles. The van der Waals surface area contributed by atoms with E-state index in [4.69, 9.17) is 17.3 Å². The smallest absolute Gasteiger partial charge is 0.419 e. The number of thiocarbonyl (C=S) groups is 1. The molecule has 0 aliphatic rings. The predicted octanol–water partition coefficient (Wildman–Crippen LogP) is 1.17. The zero-order valence-corrected chi connectivity index (χ0v) is 8.07. The number of rotatable bonds is 5. The first-order chi connectivity index (χ1) is 5.48. The third-order valence-electron chi connectivity index (χ3n) is 1.41. The summed E-state index contributed by atoms with van der Waals surface area (Å²) in [6.45, 7) is 4.58. The summed E-state index contributed by atoms with van der Waals surface area (Å²) in [5, 5.41) is 9.89. The van der Waals surface area contributed by atoms with Crippen molar-refractivity contribution in [3.05, 3.63) is 0 Å². The van der Waals surface area contributed by atoms with Crippen LogP contribution in [0.1, 0.15) is 20.3 Å². The highest BCUT2D eigenvalue weighted by molar-refractivity contribution is 7.79. The Bertz CT molecular complexity index is 171. The van der Waals surface area contributed by atoms with Gasteiger partial charge in [-0.15, -0.1) is 0 Å². The molecule has 0 radical (unpaired) electrons. The summed E-state index contributed by atoms with van der Waals surface area (Å²) in [5.74, 6) is 0. The molecule has 0 aromatic rings. The number of hydrogen-bond donors (Lipinski definition) is 3. The Morgan fingerprint density at radius 1 is 1.67 bits per heavy atom. The van der Waals surface area contributed by atoms with Crippen molar-refractivity contribution in [1.29, 1.82) is 0 Å². The molecule has 0 fully saturated rings. The van der Waals surface area contributed by atoms with Gasteiger partial charge >= 0.3 is 6.09 Å². The zero-order chi connectivity index (χ0) is 9.61. The lowest BCUT2D eigenvalue weighted by Crippen LogP contribution is -2.38. The second kappa shape index (κ2) is 5.05. The maximum absolute atomic E-state index is 9.99. The van der Waals surface area contributed by atoms with Gasteiger partial charge in [0.25, 0.3) is 0 Å². The lowest BCUT2D eigenvalue weighted by Gasteiger charge is -2.18. The Hall–Kier alpha value is -0.680. The maximum Gasteiger partial charge on any atom is 0.419 e. The van der Waals surface area contributed by atoms with E-state index < -0.39 is 6.09 Å². The first kappa shape index (κ1) is 11.3.